The molecular weight excluding hydrogens is 446 g/mol. The molecule has 0 saturated carbocycles. The highest BCUT2D eigenvalue weighted by molar-refractivity contribution is 7.89. The lowest BCUT2D eigenvalue weighted by molar-refractivity contribution is -0.0256. The Bertz CT molecular complexity index is 1310. The molecule has 3 aromatic rings. The molecule has 0 bridgehead atoms. The van der Waals surface area contributed by atoms with Crippen molar-refractivity contribution in [2.24, 2.45) is 0 Å². The average molecular weight is 478 g/mol. The number of sulfonamides is 1. The highest BCUT2D eigenvalue weighted by Gasteiger charge is 2.32. The van der Waals surface area contributed by atoms with E-state index in [1.165, 1.54) is 16.7 Å². The molecule has 5 rings (SSSR count). The molecule has 6 nitrogen and oxygen atoms in total. The maximum Gasteiger partial charge on any atom is 0.241 e. The largest absolute Gasteiger partial charge is 0.390 e. The molecule has 2 N–H and O–H groups in total. The summed E-state index contributed by atoms with van der Waals surface area (Å²) in [5.74, 6) is 0. The van der Waals surface area contributed by atoms with Crippen molar-refractivity contribution in [3.8, 4) is 0 Å². The summed E-state index contributed by atoms with van der Waals surface area (Å²) in [5, 5.41) is 12.5. The van der Waals surface area contributed by atoms with E-state index < -0.39 is 15.6 Å². The molecule has 1 fully saturated rings. The number of fused-ring (bicyclic) bond motifs is 2. The summed E-state index contributed by atoms with van der Waals surface area (Å²) < 4.78 is 28.5. The van der Waals surface area contributed by atoms with Gasteiger partial charge in [-0.2, -0.15) is 0 Å². The molecule has 1 aromatic heterocycles. The third-order valence-corrected chi connectivity index (χ3v) is 8.75. The van der Waals surface area contributed by atoms with Gasteiger partial charge in [-0.1, -0.05) is 42.5 Å². The van der Waals surface area contributed by atoms with E-state index in [4.69, 9.17) is 0 Å². The quantitative estimate of drug-likeness (QED) is 0.516. The molecule has 0 spiro atoms. The van der Waals surface area contributed by atoms with E-state index in [0.717, 1.165) is 37.9 Å². The highest BCUT2D eigenvalue weighted by atomic mass is 32.2. The van der Waals surface area contributed by atoms with Crippen molar-refractivity contribution < 1.29 is 13.5 Å². The number of aliphatic hydroxyl groups is 1. The van der Waals surface area contributed by atoms with E-state index in [9.17, 15) is 13.5 Å². The smallest absolute Gasteiger partial charge is 0.241 e. The normalized spacial score (nSPS) is 18.1. The second-order valence-electron chi connectivity index (χ2n) is 9.41. The lowest BCUT2D eigenvalue weighted by atomic mass is 9.88. The molecule has 1 saturated heterocycles. The Morgan fingerprint density at radius 3 is 2.74 bits per heavy atom. The summed E-state index contributed by atoms with van der Waals surface area (Å²) in [6.07, 6.45) is 9.36. The number of likely N-dealkylation sites (tertiary alicyclic amines) is 1. The first-order valence-electron chi connectivity index (χ1n) is 12.0. The summed E-state index contributed by atoms with van der Waals surface area (Å²) in [6, 6.07) is 15.5. The van der Waals surface area contributed by atoms with Crippen LogP contribution < -0.4 is 4.72 Å². The number of nitrogens with zero attached hydrogens (tertiary/aromatic N) is 2. The zero-order valence-electron chi connectivity index (χ0n) is 19.3. The van der Waals surface area contributed by atoms with Crippen LogP contribution in [-0.4, -0.2) is 55.2 Å². The fourth-order valence-corrected chi connectivity index (χ4v) is 6.40. The number of aromatic nitrogens is 1. The van der Waals surface area contributed by atoms with Crippen LogP contribution >= 0.6 is 0 Å². The minimum atomic E-state index is -3.67. The van der Waals surface area contributed by atoms with Gasteiger partial charge in [0.25, 0.3) is 0 Å². The lowest BCUT2D eigenvalue weighted by Gasteiger charge is -2.38. The van der Waals surface area contributed by atoms with E-state index in [2.05, 4.69) is 44.9 Å². The van der Waals surface area contributed by atoms with Gasteiger partial charge in [0, 0.05) is 49.3 Å². The van der Waals surface area contributed by atoms with Crippen LogP contribution in [0.25, 0.3) is 16.3 Å². The number of piperidine rings is 1. The van der Waals surface area contributed by atoms with Crippen molar-refractivity contribution in [1.82, 2.24) is 14.6 Å². The molecule has 0 unspecified atom stereocenters. The third-order valence-electron chi connectivity index (χ3n) is 7.23. The molecule has 0 radical (unpaired) electrons. The number of rotatable bonds is 8. The number of pyridine rings is 1. The Kier molecular flexibility index (Phi) is 6.53. The van der Waals surface area contributed by atoms with Gasteiger partial charge in [0.1, 0.15) is 0 Å². The molecule has 34 heavy (non-hydrogen) atoms. The second kappa shape index (κ2) is 9.58. The predicted octanol–water partition coefficient (Wildman–Crippen LogP) is 3.76. The van der Waals surface area contributed by atoms with Gasteiger partial charge in [-0.15, -0.1) is 0 Å². The number of benzene rings is 2. The van der Waals surface area contributed by atoms with Gasteiger partial charge in [0.05, 0.1) is 10.5 Å². The fraction of sp³-hybridized carbons (Fsp3) is 0.370. The Labute approximate surface area is 201 Å². The van der Waals surface area contributed by atoms with E-state index in [-0.39, 0.29) is 11.4 Å². The topological polar surface area (TPSA) is 82.5 Å². The van der Waals surface area contributed by atoms with Gasteiger partial charge >= 0.3 is 0 Å². The van der Waals surface area contributed by atoms with Crippen LogP contribution in [0.15, 0.2) is 71.9 Å². The van der Waals surface area contributed by atoms with Gasteiger partial charge in [-0.25, -0.2) is 13.1 Å². The van der Waals surface area contributed by atoms with Gasteiger partial charge in [-0.05, 0) is 60.9 Å². The van der Waals surface area contributed by atoms with Crippen LogP contribution in [0.2, 0.25) is 0 Å². The zero-order chi connectivity index (χ0) is 23.6. The number of allylic oxidation sites excluding steroid dienone is 1. The van der Waals surface area contributed by atoms with Crippen LogP contribution in [0.3, 0.4) is 0 Å². The van der Waals surface area contributed by atoms with Crippen molar-refractivity contribution >= 4 is 26.4 Å². The first kappa shape index (κ1) is 23.2. The molecule has 0 atom stereocenters. The maximum atomic E-state index is 12.9. The van der Waals surface area contributed by atoms with Gasteiger partial charge < -0.3 is 10.0 Å². The molecule has 0 amide bonds. The highest BCUT2D eigenvalue weighted by Crippen LogP contribution is 2.31. The van der Waals surface area contributed by atoms with Crippen LogP contribution in [0, 0.1) is 0 Å². The van der Waals surface area contributed by atoms with E-state index in [0.29, 0.717) is 24.6 Å². The van der Waals surface area contributed by atoms with Crippen molar-refractivity contribution in [2.75, 3.05) is 26.2 Å². The van der Waals surface area contributed by atoms with Gasteiger partial charge in [-0.3, -0.25) is 4.98 Å². The molecule has 178 valence electrons. The minimum Gasteiger partial charge on any atom is -0.390 e. The molecule has 1 aliphatic heterocycles. The standard InChI is InChI=1S/C27H31N3O3S/c31-27(12-16-29-34(32,33)26-7-3-5-23-20-28-15-10-25(23)26)13-18-30(19-14-27)17-11-22-9-8-21-4-1-2-6-24(21)22/h1-7,9-10,15,20,29,31H,8,11-14,16-19H2. The number of hydrogen-bond donors (Lipinski definition) is 2. The molecule has 2 aromatic carbocycles. The Morgan fingerprint density at radius 1 is 1.06 bits per heavy atom. The predicted molar refractivity (Wildman–Crippen MR) is 135 cm³/mol. The lowest BCUT2D eigenvalue weighted by Crippen LogP contribution is -2.46. The van der Waals surface area contributed by atoms with Crippen molar-refractivity contribution in [3.05, 3.63) is 78.1 Å². The first-order chi connectivity index (χ1) is 16.4. The Balaban J connectivity index is 1.11. The zero-order valence-corrected chi connectivity index (χ0v) is 20.1. The number of nitrogens with one attached hydrogen (secondary N) is 1. The summed E-state index contributed by atoms with van der Waals surface area (Å²) in [5.41, 5.74) is 3.38. The summed E-state index contributed by atoms with van der Waals surface area (Å²) in [7, 11) is -3.67. The number of hydrogen-bond acceptors (Lipinski definition) is 5. The Hall–Kier alpha value is -2.58. The average Bonchev–Trinajstić information content (AvgIpc) is 3.26. The molecule has 2 aliphatic rings. The minimum absolute atomic E-state index is 0.212. The Morgan fingerprint density at radius 2 is 1.88 bits per heavy atom. The van der Waals surface area contributed by atoms with Crippen molar-refractivity contribution in [1.29, 1.82) is 0 Å². The van der Waals surface area contributed by atoms with Crippen LogP contribution in [0.1, 0.15) is 36.8 Å². The third kappa shape index (κ3) is 4.93. The fourth-order valence-electron chi connectivity index (χ4n) is 5.14. The first-order valence-corrected chi connectivity index (χ1v) is 13.5. The van der Waals surface area contributed by atoms with Crippen molar-refractivity contribution in [3.63, 3.8) is 0 Å². The van der Waals surface area contributed by atoms with E-state index >= 15 is 0 Å². The summed E-state index contributed by atoms with van der Waals surface area (Å²) in [4.78, 5) is 6.72. The van der Waals surface area contributed by atoms with Crippen molar-refractivity contribution in [2.45, 2.75) is 42.6 Å². The van der Waals surface area contributed by atoms with Crippen LogP contribution in [-0.2, 0) is 16.4 Å². The monoisotopic (exact) mass is 477 g/mol. The van der Waals surface area contributed by atoms with Crippen LogP contribution in [0.4, 0.5) is 0 Å². The summed E-state index contributed by atoms with van der Waals surface area (Å²) in [6.45, 7) is 2.85. The van der Waals surface area contributed by atoms with Gasteiger partial charge in [0.2, 0.25) is 10.0 Å². The molecule has 1 aliphatic carbocycles. The van der Waals surface area contributed by atoms with Crippen LogP contribution in [0.5, 0.6) is 0 Å². The SMILES string of the molecule is O=S(=O)(NCCC1(O)CCN(CCC2=CCc3ccccc32)CC1)c1cccc2cnccc12. The maximum absolute atomic E-state index is 12.9. The summed E-state index contributed by atoms with van der Waals surface area (Å²) >= 11 is 0. The molecule has 7 heteroatoms. The van der Waals surface area contributed by atoms with E-state index in [1.807, 2.05) is 6.07 Å². The second-order valence-corrected chi connectivity index (χ2v) is 11.1. The molecular formula is C27H31N3O3S. The molecule has 2 heterocycles. The van der Waals surface area contributed by atoms with E-state index in [1.54, 1.807) is 30.6 Å². The van der Waals surface area contributed by atoms with Gasteiger partial charge in [0.15, 0.2) is 0 Å².